The molecule has 0 aliphatic carbocycles. The van der Waals surface area contributed by atoms with Crippen molar-refractivity contribution in [1.82, 2.24) is 15.0 Å². The molecule has 2 heterocycles. The summed E-state index contributed by atoms with van der Waals surface area (Å²) in [6.07, 6.45) is 2.92. The van der Waals surface area contributed by atoms with Crippen LogP contribution in [-0.4, -0.2) is 54.1 Å². The zero-order valence-electron chi connectivity index (χ0n) is 15.4. The van der Waals surface area contributed by atoms with E-state index in [1.54, 1.807) is 24.0 Å². The summed E-state index contributed by atoms with van der Waals surface area (Å²) in [5.74, 6) is 0.824. The smallest absolute Gasteiger partial charge is 0.275 e. The van der Waals surface area contributed by atoms with Crippen LogP contribution in [0.5, 0.6) is 0 Å². The number of rotatable bonds is 6. The molecule has 2 aromatic rings. The van der Waals surface area contributed by atoms with Crippen LogP contribution < -0.4 is 0 Å². The molecule has 0 spiro atoms. The second kappa shape index (κ2) is 8.45. The number of aryl methyl sites for hydroxylation is 1. The Kier molecular flexibility index (Phi) is 6.04. The summed E-state index contributed by atoms with van der Waals surface area (Å²) in [7, 11) is 1.81. The molecule has 0 saturated carbocycles. The van der Waals surface area contributed by atoms with Crippen molar-refractivity contribution in [3.05, 3.63) is 53.2 Å². The summed E-state index contributed by atoms with van der Waals surface area (Å²) in [4.78, 5) is 16.5. The quantitative estimate of drug-likeness (QED) is 0.795. The van der Waals surface area contributed by atoms with Gasteiger partial charge in [0.15, 0.2) is 5.69 Å². The number of aromatic nitrogens is 1. The van der Waals surface area contributed by atoms with E-state index in [-0.39, 0.29) is 11.7 Å². The summed E-state index contributed by atoms with van der Waals surface area (Å²) >= 11 is 0. The molecule has 3 rings (SSSR count). The van der Waals surface area contributed by atoms with Crippen molar-refractivity contribution >= 4 is 5.91 Å². The van der Waals surface area contributed by atoms with Crippen molar-refractivity contribution in [1.29, 1.82) is 0 Å². The highest BCUT2D eigenvalue weighted by molar-refractivity contribution is 5.92. The first-order valence-electron chi connectivity index (χ1n) is 9.17. The largest absolute Gasteiger partial charge is 0.361 e. The zero-order chi connectivity index (χ0) is 18.5. The summed E-state index contributed by atoms with van der Waals surface area (Å²) in [5, 5.41) is 3.80. The molecule has 0 N–H and O–H groups in total. The lowest BCUT2D eigenvalue weighted by molar-refractivity contribution is 0.0720. The average molecular weight is 359 g/mol. The van der Waals surface area contributed by atoms with E-state index >= 15 is 0 Å². The number of carbonyl (C=O) groups is 1. The first-order valence-corrected chi connectivity index (χ1v) is 9.17. The van der Waals surface area contributed by atoms with Gasteiger partial charge in [-0.15, -0.1) is 0 Å². The molecule has 6 heteroatoms. The molecular weight excluding hydrogens is 333 g/mol. The van der Waals surface area contributed by atoms with Crippen LogP contribution in [0.25, 0.3) is 0 Å². The van der Waals surface area contributed by atoms with E-state index in [0.29, 0.717) is 30.3 Å². The van der Waals surface area contributed by atoms with Gasteiger partial charge in [-0.1, -0.05) is 23.4 Å². The Labute approximate surface area is 153 Å². The molecule has 1 fully saturated rings. The highest BCUT2D eigenvalue weighted by atomic mass is 19.1. The third-order valence-corrected chi connectivity index (χ3v) is 4.98. The minimum atomic E-state index is -0.130. The number of halogens is 1. The molecule has 26 heavy (non-hydrogen) atoms. The van der Waals surface area contributed by atoms with Crippen molar-refractivity contribution < 1.29 is 13.7 Å². The number of likely N-dealkylation sites (tertiary alicyclic amines) is 1. The number of benzene rings is 1. The van der Waals surface area contributed by atoms with E-state index in [4.69, 9.17) is 4.52 Å². The second-order valence-corrected chi connectivity index (χ2v) is 7.16. The maximum absolute atomic E-state index is 13.8. The van der Waals surface area contributed by atoms with Gasteiger partial charge in [-0.3, -0.25) is 4.79 Å². The molecule has 1 aromatic carbocycles. The molecular formula is C20H26FN3O2. The van der Waals surface area contributed by atoms with Gasteiger partial charge in [0, 0.05) is 32.7 Å². The van der Waals surface area contributed by atoms with Crippen LogP contribution in [0.4, 0.5) is 4.39 Å². The van der Waals surface area contributed by atoms with Crippen LogP contribution in [-0.2, 0) is 6.42 Å². The van der Waals surface area contributed by atoms with Gasteiger partial charge in [-0.2, -0.15) is 0 Å². The first kappa shape index (κ1) is 18.6. The van der Waals surface area contributed by atoms with Gasteiger partial charge in [0.1, 0.15) is 11.6 Å². The Morgan fingerprint density at radius 3 is 2.96 bits per heavy atom. The molecule has 1 aliphatic heterocycles. The lowest BCUT2D eigenvalue weighted by Crippen LogP contribution is -2.42. The summed E-state index contributed by atoms with van der Waals surface area (Å²) in [5.41, 5.74) is 1.13. The van der Waals surface area contributed by atoms with Gasteiger partial charge < -0.3 is 14.3 Å². The number of piperidine rings is 1. The van der Waals surface area contributed by atoms with E-state index < -0.39 is 0 Å². The van der Waals surface area contributed by atoms with Gasteiger partial charge in [-0.25, -0.2) is 4.39 Å². The van der Waals surface area contributed by atoms with Crippen LogP contribution in [0.3, 0.4) is 0 Å². The molecule has 1 atom stereocenters. The maximum Gasteiger partial charge on any atom is 0.275 e. The molecule has 1 amide bonds. The Bertz CT molecular complexity index is 746. The normalized spacial score (nSPS) is 18.0. The molecule has 140 valence electrons. The Hall–Kier alpha value is -2.21. The Balaban J connectivity index is 1.50. The average Bonchev–Trinajstić information content (AvgIpc) is 3.07. The lowest BCUT2D eigenvalue weighted by Gasteiger charge is -2.34. The maximum atomic E-state index is 13.8. The highest BCUT2D eigenvalue weighted by Gasteiger charge is 2.24. The number of hydrogen-bond acceptors (Lipinski definition) is 4. The monoisotopic (exact) mass is 359 g/mol. The number of nitrogens with zero attached hydrogens (tertiary/aromatic N) is 3. The molecule has 1 unspecified atom stereocenters. The molecule has 5 nitrogen and oxygen atoms in total. The molecule has 1 saturated heterocycles. The fraction of sp³-hybridized carbons (Fsp3) is 0.500. The molecule has 1 aliphatic rings. The highest BCUT2D eigenvalue weighted by Crippen LogP contribution is 2.19. The Morgan fingerprint density at radius 2 is 2.23 bits per heavy atom. The zero-order valence-corrected chi connectivity index (χ0v) is 15.4. The van der Waals surface area contributed by atoms with Gasteiger partial charge in [0.25, 0.3) is 5.91 Å². The van der Waals surface area contributed by atoms with Gasteiger partial charge in [0.05, 0.1) is 0 Å². The van der Waals surface area contributed by atoms with Crippen LogP contribution in [0.1, 0.15) is 34.7 Å². The second-order valence-electron chi connectivity index (χ2n) is 7.16. The predicted molar refractivity (Wildman–Crippen MR) is 97.5 cm³/mol. The van der Waals surface area contributed by atoms with E-state index in [9.17, 15) is 9.18 Å². The summed E-state index contributed by atoms with van der Waals surface area (Å²) < 4.78 is 18.8. The van der Waals surface area contributed by atoms with Crippen molar-refractivity contribution in [3.63, 3.8) is 0 Å². The van der Waals surface area contributed by atoms with E-state index in [2.05, 4.69) is 10.1 Å². The van der Waals surface area contributed by atoms with Crippen LogP contribution in [0.2, 0.25) is 0 Å². The van der Waals surface area contributed by atoms with E-state index in [1.807, 2.05) is 19.2 Å². The SMILES string of the molecule is Cc1cc(C(=O)N(C)CC2CCCN(CCc3ccccc3F)C2)no1. The standard InChI is InChI=1S/C20H26FN3O2/c1-15-12-19(22-26-15)20(25)23(2)13-16-6-5-10-24(14-16)11-9-17-7-3-4-8-18(17)21/h3-4,7-8,12,16H,5-6,9-11,13-14H2,1-2H3. The first-order chi connectivity index (χ1) is 12.5. The van der Waals surface area contributed by atoms with Gasteiger partial charge >= 0.3 is 0 Å². The minimum Gasteiger partial charge on any atom is -0.361 e. The summed E-state index contributed by atoms with van der Waals surface area (Å²) in [6.45, 7) is 5.28. The van der Waals surface area contributed by atoms with E-state index in [0.717, 1.165) is 38.0 Å². The lowest BCUT2D eigenvalue weighted by atomic mass is 9.97. The minimum absolute atomic E-state index is 0.106. The fourth-order valence-electron chi connectivity index (χ4n) is 3.62. The molecule has 0 bridgehead atoms. The number of carbonyl (C=O) groups excluding carboxylic acids is 1. The van der Waals surface area contributed by atoms with Gasteiger partial charge in [-0.05, 0) is 50.3 Å². The predicted octanol–water partition coefficient (Wildman–Crippen LogP) is 3.15. The van der Waals surface area contributed by atoms with Crippen molar-refractivity contribution in [3.8, 4) is 0 Å². The van der Waals surface area contributed by atoms with Crippen LogP contribution >= 0.6 is 0 Å². The Morgan fingerprint density at radius 1 is 1.42 bits per heavy atom. The third-order valence-electron chi connectivity index (χ3n) is 4.98. The van der Waals surface area contributed by atoms with Gasteiger partial charge in [0.2, 0.25) is 0 Å². The van der Waals surface area contributed by atoms with Crippen LogP contribution in [0.15, 0.2) is 34.9 Å². The van der Waals surface area contributed by atoms with Crippen LogP contribution in [0, 0.1) is 18.7 Å². The van der Waals surface area contributed by atoms with E-state index in [1.165, 1.54) is 6.07 Å². The number of hydrogen-bond donors (Lipinski definition) is 0. The van der Waals surface area contributed by atoms with Crippen molar-refractivity contribution in [2.75, 3.05) is 33.2 Å². The summed E-state index contributed by atoms with van der Waals surface area (Å²) in [6, 6.07) is 8.63. The molecule has 0 radical (unpaired) electrons. The fourth-order valence-corrected chi connectivity index (χ4v) is 3.62. The third kappa shape index (κ3) is 4.69. The van der Waals surface area contributed by atoms with Crippen molar-refractivity contribution in [2.24, 2.45) is 5.92 Å². The van der Waals surface area contributed by atoms with Crippen molar-refractivity contribution in [2.45, 2.75) is 26.2 Å². The molecule has 1 aromatic heterocycles. The topological polar surface area (TPSA) is 49.6 Å². The number of amides is 1.